The van der Waals surface area contributed by atoms with E-state index in [2.05, 4.69) is 5.32 Å². The zero-order valence-electron chi connectivity index (χ0n) is 13.4. The number of carbonyl (C=O) groups is 2. The van der Waals surface area contributed by atoms with Crippen molar-refractivity contribution in [2.24, 2.45) is 0 Å². The molecule has 0 fully saturated rings. The lowest BCUT2D eigenvalue weighted by Crippen LogP contribution is -2.24. The third-order valence-electron chi connectivity index (χ3n) is 3.46. The molecule has 0 aliphatic carbocycles. The van der Waals surface area contributed by atoms with Crippen LogP contribution in [-0.4, -0.2) is 30.8 Å². The van der Waals surface area contributed by atoms with Crippen LogP contribution in [0.5, 0.6) is 0 Å². The fourth-order valence-corrected chi connectivity index (χ4v) is 2.17. The summed E-state index contributed by atoms with van der Waals surface area (Å²) in [6.45, 7) is 0. The molecule has 0 saturated heterocycles. The summed E-state index contributed by atoms with van der Waals surface area (Å²) in [5, 5.41) is 2.82. The summed E-state index contributed by atoms with van der Waals surface area (Å²) < 4.78 is 0. The molecule has 120 valence electrons. The van der Waals surface area contributed by atoms with E-state index in [0.29, 0.717) is 29.8 Å². The van der Waals surface area contributed by atoms with Gasteiger partial charge in [-0.2, -0.15) is 0 Å². The lowest BCUT2D eigenvalue weighted by Gasteiger charge is -2.14. The van der Waals surface area contributed by atoms with E-state index in [4.69, 9.17) is 5.73 Å². The highest BCUT2D eigenvalue weighted by molar-refractivity contribution is 6.03. The standard InChI is InChI=1S/C18H21N3O2/c1-21(2)18(23)15-5-3-4-6-16(15)20-17(22)12-9-13-7-10-14(19)11-8-13/h3-8,10-11H,9,12,19H2,1-2H3,(H,20,22). The summed E-state index contributed by atoms with van der Waals surface area (Å²) in [5.74, 6) is -0.264. The SMILES string of the molecule is CN(C)C(=O)c1ccccc1NC(=O)CCc1ccc(N)cc1. The summed E-state index contributed by atoms with van der Waals surface area (Å²) in [7, 11) is 3.37. The number of nitrogens with two attached hydrogens (primary N) is 1. The Kier molecular flexibility index (Phi) is 5.36. The van der Waals surface area contributed by atoms with Gasteiger partial charge in [0.1, 0.15) is 0 Å². The lowest BCUT2D eigenvalue weighted by molar-refractivity contribution is -0.116. The van der Waals surface area contributed by atoms with Gasteiger partial charge in [-0.15, -0.1) is 0 Å². The third kappa shape index (κ3) is 4.57. The predicted octanol–water partition coefficient (Wildman–Crippen LogP) is 2.54. The van der Waals surface area contributed by atoms with E-state index in [9.17, 15) is 9.59 Å². The summed E-state index contributed by atoms with van der Waals surface area (Å²) in [6.07, 6.45) is 0.963. The Labute approximate surface area is 136 Å². The van der Waals surface area contributed by atoms with Crippen LogP contribution in [0.2, 0.25) is 0 Å². The number of para-hydroxylation sites is 1. The normalized spacial score (nSPS) is 10.2. The van der Waals surface area contributed by atoms with Crippen LogP contribution >= 0.6 is 0 Å². The van der Waals surface area contributed by atoms with Gasteiger partial charge in [0.15, 0.2) is 0 Å². The first kappa shape index (κ1) is 16.5. The van der Waals surface area contributed by atoms with Gasteiger partial charge in [-0.3, -0.25) is 9.59 Å². The largest absolute Gasteiger partial charge is 0.399 e. The first-order chi connectivity index (χ1) is 11.0. The molecule has 0 aliphatic rings. The van der Waals surface area contributed by atoms with Gasteiger partial charge in [-0.1, -0.05) is 24.3 Å². The number of hydrogen-bond acceptors (Lipinski definition) is 3. The van der Waals surface area contributed by atoms with Gasteiger partial charge in [0.05, 0.1) is 11.3 Å². The topological polar surface area (TPSA) is 75.4 Å². The lowest BCUT2D eigenvalue weighted by atomic mass is 10.1. The van der Waals surface area contributed by atoms with Gasteiger partial charge in [-0.25, -0.2) is 0 Å². The van der Waals surface area contributed by atoms with Crippen LogP contribution < -0.4 is 11.1 Å². The van der Waals surface area contributed by atoms with Gasteiger partial charge in [0.2, 0.25) is 5.91 Å². The van der Waals surface area contributed by atoms with Gasteiger partial charge in [0, 0.05) is 26.2 Å². The number of nitrogens with zero attached hydrogens (tertiary/aromatic N) is 1. The second-order valence-corrected chi connectivity index (χ2v) is 5.53. The fourth-order valence-electron chi connectivity index (χ4n) is 2.17. The Morgan fingerprint density at radius 1 is 1.04 bits per heavy atom. The van der Waals surface area contributed by atoms with Gasteiger partial charge in [0.25, 0.3) is 5.91 Å². The molecular weight excluding hydrogens is 290 g/mol. The Bertz CT molecular complexity index is 694. The molecule has 0 heterocycles. The molecule has 5 nitrogen and oxygen atoms in total. The minimum absolute atomic E-state index is 0.124. The minimum Gasteiger partial charge on any atom is -0.399 e. The van der Waals surface area contributed by atoms with Crippen molar-refractivity contribution < 1.29 is 9.59 Å². The number of anilines is 2. The molecule has 0 aromatic heterocycles. The van der Waals surface area contributed by atoms with Gasteiger partial charge in [-0.05, 0) is 36.2 Å². The first-order valence-electron chi connectivity index (χ1n) is 7.42. The zero-order chi connectivity index (χ0) is 16.8. The molecule has 2 aromatic carbocycles. The van der Waals surface area contributed by atoms with Crippen molar-refractivity contribution >= 4 is 23.2 Å². The molecule has 2 amide bonds. The van der Waals surface area contributed by atoms with Gasteiger partial charge < -0.3 is 16.0 Å². The van der Waals surface area contributed by atoms with Crippen molar-refractivity contribution in [2.75, 3.05) is 25.1 Å². The molecule has 0 aliphatic heterocycles. The van der Waals surface area contributed by atoms with E-state index in [1.54, 1.807) is 38.4 Å². The van der Waals surface area contributed by atoms with Crippen molar-refractivity contribution in [1.29, 1.82) is 0 Å². The van der Waals surface area contributed by atoms with Gasteiger partial charge >= 0.3 is 0 Å². The molecule has 0 radical (unpaired) electrons. The van der Waals surface area contributed by atoms with Crippen LogP contribution in [0.1, 0.15) is 22.3 Å². The van der Waals surface area contributed by atoms with Crippen molar-refractivity contribution in [3.63, 3.8) is 0 Å². The summed E-state index contributed by atoms with van der Waals surface area (Å²) in [4.78, 5) is 25.7. The van der Waals surface area contributed by atoms with Crippen molar-refractivity contribution in [1.82, 2.24) is 4.90 Å². The van der Waals surface area contributed by atoms with Crippen molar-refractivity contribution in [3.05, 3.63) is 59.7 Å². The molecule has 3 N–H and O–H groups in total. The summed E-state index contributed by atoms with van der Waals surface area (Å²) >= 11 is 0. The maximum absolute atomic E-state index is 12.1. The van der Waals surface area contributed by atoms with Crippen LogP contribution in [0.4, 0.5) is 11.4 Å². The highest BCUT2D eigenvalue weighted by Gasteiger charge is 2.14. The molecule has 0 saturated carbocycles. The Morgan fingerprint density at radius 3 is 2.35 bits per heavy atom. The first-order valence-corrected chi connectivity index (χ1v) is 7.42. The van der Waals surface area contributed by atoms with Crippen LogP contribution in [0, 0.1) is 0 Å². The minimum atomic E-state index is -0.139. The Morgan fingerprint density at radius 2 is 1.70 bits per heavy atom. The smallest absolute Gasteiger partial charge is 0.255 e. The van der Waals surface area contributed by atoms with E-state index in [-0.39, 0.29) is 11.8 Å². The Hall–Kier alpha value is -2.82. The molecule has 0 bridgehead atoms. The average Bonchev–Trinajstić information content (AvgIpc) is 2.54. The van der Waals surface area contributed by atoms with Crippen LogP contribution in [-0.2, 0) is 11.2 Å². The fraction of sp³-hybridized carbons (Fsp3) is 0.222. The Balaban J connectivity index is 2.00. The number of nitrogen functional groups attached to an aromatic ring is 1. The number of benzene rings is 2. The maximum Gasteiger partial charge on any atom is 0.255 e. The number of aryl methyl sites for hydroxylation is 1. The average molecular weight is 311 g/mol. The molecule has 2 rings (SSSR count). The van der Waals surface area contributed by atoms with Crippen LogP contribution in [0.3, 0.4) is 0 Å². The van der Waals surface area contributed by atoms with E-state index >= 15 is 0 Å². The van der Waals surface area contributed by atoms with Crippen LogP contribution in [0.15, 0.2) is 48.5 Å². The predicted molar refractivity (Wildman–Crippen MR) is 92.3 cm³/mol. The summed E-state index contributed by atoms with van der Waals surface area (Å²) in [6, 6.07) is 14.5. The molecule has 0 unspecified atom stereocenters. The van der Waals surface area contributed by atoms with Crippen LogP contribution in [0.25, 0.3) is 0 Å². The van der Waals surface area contributed by atoms with E-state index < -0.39 is 0 Å². The quantitative estimate of drug-likeness (QED) is 0.833. The zero-order valence-corrected chi connectivity index (χ0v) is 13.4. The molecule has 23 heavy (non-hydrogen) atoms. The molecule has 5 heteroatoms. The van der Waals surface area contributed by atoms with E-state index in [1.807, 2.05) is 24.3 Å². The second kappa shape index (κ2) is 7.45. The molecule has 0 atom stereocenters. The second-order valence-electron chi connectivity index (χ2n) is 5.53. The summed E-state index contributed by atoms with van der Waals surface area (Å²) in [5.41, 5.74) is 8.41. The van der Waals surface area contributed by atoms with Crippen molar-refractivity contribution in [2.45, 2.75) is 12.8 Å². The van der Waals surface area contributed by atoms with E-state index in [0.717, 1.165) is 5.56 Å². The number of nitrogens with one attached hydrogen (secondary N) is 1. The van der Waals surface area contributed by atoms with E-state index in [1.165, 1.54) is 4.90 Å². The maximum atomic E-state index is 12.1. The number of amides is 2. The highest BCUT2D eigenvalue weighted by atomic mass is 16.2. The number of hydrogen-bond donors (Lipinski definition) is 2. The van der Waals surface area contributed by atoms with Crippen molar-refractivity contribution in [3.8, 4) is 0 Å². The third-order valence-corrected chi connectivity index (χ3v) is 3.46. The molecule has 0 spiro atoms. The number of rotatable bonds is 5. The number of carbonyl (C=O) groups excluding carboxylic acids is 2. The highest BCUT2D eigenvalue weighted by Crippen LogP contribution is 2.17. The molecular formula is C18H21N3O2. The monoisotopic (exact) mass is 311 g/mol. The molecule has 2 aromatic rings.